The maximum absolute atomic E-state index is 12.2. The summed E-state index contributed by atoms with van der Waals surface area (Å²) in [6, 6.07) is 12.5. The lowest BCUT2D eigenvalue weighted by atomic mass is 10.1. The molecule has 3 amide bonds. The number of rotatable bonds is 4. The lowest BCUT2D eigenvalue weighted by Gasteiger charge is -2.33. The van der Waals surface area contributed by atoms with Gasteiger partial charge < -0.3 is 20.2 Å². The number of para-hydroxylation sites is 2. The van der Waals surface area contributed by atoms with Crippen molar-refractivity contribution in [3.05, 3.63) is 53.6 Å². The Labute approximate surface area is 165 Å². The fourth-order valence-corrected chi connectivity index (χ4v) is 3.48. The number of anilines is 2. The zero-order chi connectivity index (χ0) is 20.1. The Bertz CT molecular complexity index is 860. The number of amides is 3. The number of hydrogen-bond donors (Lipinski definition) is 4. The molecule has 148 valence electrons. The Morgan fingerprint density at radius 1 is 1.11 bits per heavy atom. The lowest BCUT2D eigenvalue weighted by molar-refractivity contribution is -0.892. The molecule has 0 radical (unpaired) electrons. The minimum absolute atomic E-state index is 0.245. The molecule has 0 atom stereocenters. The van der Waals surface area contributed by atoms with E-state index in [4.69, 9.17) is 0 Å². The van der Waals surface area contributed by atoms with Gasteiger partial charge in [-0.25, -0.2) is 4.79 Å². The van der Waals surface area contributed by atoms with Gasteiger partial charge in [0, 0.05) is 5.69 Å². The Morgan fingerprint density at radius 3 is 2.50 bits per heavy atom. The van der Waals surface area contributed by atoms with Gasteiger partial charge in [0.05, 0.1) is 31.9 Å². The summed E-state index contributed by atoms with van der Waals surface area (Å²) >= 11 is 0. The molecule has 4 N–H and O–H groups in total. The highest BCUT2D eigenvalue weighted by atomic mass is 16.3. The van der Waals surface area contributed by atoms with Gasteiger partial charge in [-0.15, -0.1) is 0 Å². The number of quaternary nitrogens is 1. The molecule has 7 heteroatoms. The number of phenols is 1. The fourth-order valence-electron chi connectivity index (χ4n) is 3.48. The average Bonchev–Trinajstić information content (AvgIpc) is 2.65. The van der Waals surface area contributed by atoms with Crippen molar-refractivity contribution in [1.82, 2.24) is 5.32 Å². The highest BCUT2D eigenvalue weighted by Crippen LogP contribution is 2.25. The van der Waals surface area contributed by atoms with E-state index >= 15 is 0 Å². The average molecular weight is 383 g/mol. The number of aromatic hydroxyl groups is 1. The monoisotopic (exact) mass is 383 g/mol. The number of carbonyl (C=O) groups is 2. The highest BCUT2D eigenvalue weighted by molar-refractivity contribution is 6.01. The predicted molar refractivity (Wildman–Crippen MR) is 109 cm³/mol. The number of hydrogen-bond acceptors (Lipinski definition) is 4. The molecule has 0 spiro atoms. The molecular weight excluding hydrogens is 356 g/mol. The number of carbonyl (C=O) groups excluding carboxylic acids is 2. The van der Waals surface area contributed by atoms with Crippen LogP contribution in [0.3, 0.4) is 0 Å². The molecule has 7 nitrogen and oxygen atoms in total. The normalized spacial score (nSPS) is 14.6. The predicted octanol–water partition coefficient (Wildman–Crippen LogP) is 1.06. The smallest absolute Gasteiger partial charge is 0.326 e. The SMILES string of the molecule is Cc1ccc(NC(=O)NC(=O)C[NH+]2CCN(c3ccccc3O)CC2)c(C)c1. The molecule has 0 aliphatic carbocycles. The molecule has 0 bridgehead atoms. The zero-order valence-corrected chi connectivity index (χ0v) is 16.3. The Balaban J connectivity index is 1.45. The van der Waals surface area contributed by atoms with Gasteiger partial charge in [0.2, 0.25) is 0 Å². The zero-order valence-electron chi connectivity index (χ0n) is 16.3. The minimum atomic E-state index is -0.510. The van der Waals surface area contributed by atoms with Crippen LogP contribution >= 0.6 is 0 Å². The van der Waals surface area contributed by atoms with Crippen molar-refractivity contribution >= 4 is 23.3 Å². The first-order valence-corrected chi connectivity index (χ1v) is 9.47. The molecule has 3 rings (SSSR count). The molecule has 1 aliphatic heterocycles. The van der Waals surface area contributed by atoms with Crippen LogP contribution < -0.4 is 20.4 Å². The van der Waals surface area contributed by atoms with Gasteiger partial charge >= 0.3 is 6.03 Å². The summed E-state index contributed by atoms with van der Waals surface area (Å²) in [6.07, 6.45) is 0. The lowest BCUT2D eigenvalue weighted by Crippen LogP contribution is -3.16. The second-order valence-corrected chi connectivity index (χ2v) is 7.22. The van der Waals surface area contributed by atoms with Crippen molar-refractivity contribution in [1.29, 1.82) is 0 Å². The van der Waals surface area contributed by atoms with Crippen LogP contribution in [0.2, 0.25) is 0 Å². The van der Waals surface area contributed by atoms with Crippen LogP contribution in [0.15, 0.2) is 42.5 Å². The second-order valence-electron chi connectivity index (χ2n) is 7.22. The van der Waals surface area contributed by atoms with Crippen LogP contribution in [0.4, 0.5) is 16.2 Å². The van der Waals surface area contributed by atoms with Gasteiger partial charge in [-0.05, 0) is 37.6 Å². The van der Waals surface area contributed by atoms with Crippen LogP contribution in [0.25, 0.3) is 0 Å². The molecule has 1 aliphatic rings. The Morgan fingerprint density at radius 2 is 1.82 bits per heavy atom. The summed E-state index contributed by atoms with van der Waals surface area (Å²) in [5, 5.41) is 15.1. The quantitative estimate of drug-likeness (QED) is 0.636. The van der Waals surface area contributed by atoms with E-state index in [1.165, 1.54) is 0 Å². The summed E-state index contributed by atoms with van der Waals surface area (Å²) in [5.41, 5.74) is 3.58. The molecule has 0 saturated carbocycles. The first-order chi connectivity index (χ1) is 13.4. The van der Waals surface area contributed by atoms with E-state index < -0.39 is 6.03 Å². The third-order valence-corrected chi connectivity index (χ3v) is 4.99. The standard InChI is InChI=1S/C21H26N4O3/c1-15-7-8-17(16(2)13-15)22-21(28)23-20(27)14-24-9-11-25(12-10-24)18-5-3-4-6-19(18)26/h3-8,13,26H,9-12,14H2,1-2H3,(H2,22,23,27,28)/p+1. The number of urea groups is 1. The molecule has 0 aromatic heterocycles. The number of piperazine rings is 1. The molecule has 28 heavy (non-hydrogen) atoms. The summed E-state index contributed by atoms with van der Waals surface area (Å²) in [5.74, 6) is -0.0277. The van der Waals surface area contributed by atoms with Crippen molar-refractivity contribution in [2.45, 2.75) is 13.8 Å². The largest absolute Gasteiger partial charge is 0.506 e. The summed E-state index contributed by atoms with van der Waals surface area (Å²) in [6.45, 7) is 7.17. The second kappa shape index (κ2) is 8.75. The van der Waals surface area contributed by atoms with Gasteiger partial charge in [-0.3, -0.25) is 10.1 Å². The molecule has 2 aromatic rings. The van der Waals surface area contributed by atoms with Crippen LogP contribution in [-0.2, 0) is 4.79 Å². The van der Waals surface area contributed by atoms with Crippen molar-refractivity contribution in [2.75, 3.05) is 42.9 Å². The third kappa shape index (κ3) is 5.01. The van der Waals surface area contributed by atoms with E-state index in [9.17, 15) is 14.7 Å². The van der Waals surface area contributed by atoms with E-state index in [0.29, 0.717) is 5.69 Å². The van der Waals surface area contributed by atoms with Gasteiger partial charge in [0.25, 0.3) is 5.91 Å². The summed E-state index contributed by atoms with van der Waals surface area (Å²) in [7, 11) is 0. The number of benzene rings is 2. The Hall–Kier alpha value is -3.06. The maximum atomic E-state index is 12.2. The summed E-state index contributed by atoms with van der Waals surface area (Å²) in [4.78, 5) is 27.5. The van der Waals surface area contributed by atoms with Crippen LogP contribution in [0, 0.1) is 13.8 Å². The molecule has 0 unspecified atom stereocenters. The maximum Gasteiger partial charge on any atom is 0.326 e. The first-order valence-electron chi connectivity index (χ1n) is 9.47. The van der Waals surface area contributed by atoms with Gasteiger partial charge in [-0.1, -0.05) is 29.8 Å². The van der Waals surface area contributed by atoms with Gasteiger partial charge in [0.15, 0.2) is 6.54 Å². The number of nitrogens with zero attached hydrogens (tertiary/aromatic N) is 1. The van der Waals surface area contributed by atoms with Crippen molar-refractivity contribution in [2.24, 2.45) is 0 Å². The van der Waals surface area contributed by atoms with E-state index in [2.05, 4.69) is 15.5 Å². The van der Waals surface area contributed by atoms with E-state index in [-0.39, 0.29) is 18.2 Å². The number of aryl methyl sites for hydroxylation is 2. The van der Waals surface area contributed by atoms with Gasteiger partial charge in [-0.2, -0.15) is 0 Å². The van der Waals surface area contributed by atoms with E-state index in [0.717, 1.165) is 47.9 Å². The van der Waals surface area contributed by atoms with Crippen molar-refractivity contribution < 1.29 is 19.6 Å². The number of nitrogens with one attached hydrogen (secondary N) is 3. The van der Waals surface area contributed by atoms with Gasteiger partial charge in [0.1, 0.15) is 5.75 Å². The first kappa shape index (κ1) is 19.7. The molecular formula is C21H27N4O3+. The number of imide groups is 1. The summed E-state index contributed by atoms with van der Waals surface area (Å²) < 4.78 is 0. The van der Waals surface area contributed by atoms with Crippen LogP contribution in [0.1, 0.15) is 11.1 Å². The molecule has 2 aromatic carbocycles. The third-order valence-electron chi connectivity index (χ3n) is 4.99. The molecule has 1 saturated heterocycles. The van der Waals surface area contributed by atoms with Crippen LogP contribution in [-0.4, -0.2) is 49.8 Å². The topological polar surface area (TPSA) is 86.1 Å². The van der Waals surface area contributed by atoms with Crippen molar-refractivity contribution in [3.63, 3.8) is 0 Å². The minimum Gasteiger partial charge on any atom is -0.506 e. The van der Waals surface area contributed by atoms with Crippen LogP contribution in [0.5, 0.6) is 5.75 Å². The van der Waals surface area contributed by atoms with E-state index in [1.54, 1.807) is 12.1 Å². The van der Waals surface area contributed by atoms with E-state index in [1.807, 2.05) is 44.2 Å². The Kier molecular flexibility index (Phi) is 6.16. The molecule has 1 fully saturated rings. The van der Waals surface area contributed by atoms with Crippen molar-refractivity contribution in [3.8, 4) is 5.75 Å². The fraction of sp³-hybridized carbons (Fsp3) is 0.333. The molecule has 1 heterocycles. The highest BCUT2D eigenvalue weighted by Gasteiger charge is 2.24. The number of phenolic OH excluding ortho intramolecular Hbond substituents is 1.